The second-order valence-electron chi connectivity index (χ2n) is 16.1. The largest absolute Gasteiger partial charge is 0.472 e. The maximum absolute atomic E-state index is 13.0. The molecule has 0 bridgehead atoms. The molecule has 1 saturated carbocycles. The molecule has 1 aliphatic rings. The van der Waals surface area contributed by atoms with Gasteiger partial charge in [-0.3, -0.25) is 13.8 Å². The summed E-state index contributed by atoms with van der Waals surface area (Å²) in [6.07, 6.45) is 18.8. The molecule has 8 atom stereocenters. The highest BCUT2D eigenvalue weighted by atomic mass is 31.2. The number of rotatable bonds is 36. The summed E-state index contributed by atoms with van der Waals surface area (Å²) in [6, 6.07) is -1.23. The second kappa shape index (κ2) is 32.8. The van der Waals surface area contributed by atoms with E-state index in [9.17, 15) is 50.0 Å². The van der Waals surface area contributed by atoms with Gasteiger partial charge in [0.15, 0.2) is 0 Å². The standard InChI is InChI=1S/C42H82NO12P/c1-3-5-7-9-11-13-15-17-18-19-21-23-25-27-29-33(44)31-36(46)43-34(35(45)30-28-26-24-22-20-16-14-12-10-8-6-4-2)32-54-56(52,53)55-42-40(50)38(48)37(47)39(49)41(42)51/h28,30,33-35,37-42,44-45,47-51H,3-27,29,31-32H2,1-2H3,(H,43,46)(H,52,53)/b30-28+. The summed E-state index contributed by atoms with van der Waals surface area (Å²) in [7, 11) is -5.13. The predicted molar refractivity (Wildman–Crippen MR) is 220 cm³/mol. The Bertz CT molecular complexity index is 1020. The van der Waals surface area contributed by atoms with Crippen molar-refractivity contribution in [1.29, 1.82) is 0 Å². The quantitative estimate of drug-likeness (QED) is 0.0184. The lowest BCUT2D eigenvalue weighted by Gasteiger charge is -2.41. The third kappa shape index (κ3) is 24.8. The number of aliphatic hydroxyl groups excluding tert-OH is 7. The average molecular weight is 824 g/mol. The summed E-state index contributed by atoms with van der Waals surface area (Å²) >= 11 is 0. The van der Waals surface area contributed by atoms with Crippen LogP contribution >= 0.6 is 7.82 Å². The molecule has 14 heteroatoms. The van der Waals surface area contributed by atoms with Gasteiger partial charge in [0.25, 0.3) is 0 Å². The molecule has 0 radical (unpaired) electrons. The highest BCUT2D eigenvalue weighted by Crippen LogP contribution is 2.47. The zero-order valence-corrected chi connectivity index (χ0v) is 35.7. The van der Waals surface area contributed by atoms with Gasteiger partial charge < -0.3 is 46.0 Å². The van der Waals surface area contributed by atoms with Crippen LogP contribution in [0.1, 0.15) is 187 Å². The molecule has 1 aliphatic carbocycles. The lowest BCUT2D eigenvalue weighted by atomic mass is 9.85. The van der Waals surface area contributed by atoms with Crippen LogP contribution in [0, 0.1) is 0 Å². The van der Waals surface area contributed by atoms with Gasteiger partial charge in [0.1, 0.15) is 36.6 Å². The Morgan fingerprint density at radius 3 is 1.46 bits per heavy atom. The van der Waals surface area contributed by atoms with Gasteiger partial charge in [-0.15, -0.1) is 0 Å². The molecule has 0 aromatic carbocycles. The molecule has 9 N–H and O–H groups in total. The minimum Gasteiger partial charge on any atom is -0.393 e. The molecule has 8 unspecified atom stereocenters. The maximum Gasteiger partial charge on any atom is 0.472 e. The molecule has 1 fully saturated rings. The zero-order chi connectivity index (χ0) is 41.6. The van der Waals surface area contributed by atoms with Crippen LogP contribution in [-0.2, 0) is 18.4 Å². The Morgan fingerprint density at radius 1 is 0.625 bits per heavy atom. The van der Waals surface area contributed by atoms with E-state index < -0.39 is 75.2 Å². The number of carbonyl (C=O) groups is 1. The Kier molecular flexibility index (Phi) is 31.1. The number of unbranched alkanes of at least 4 members (excludes halogenated alkanes) is 23. The molecule has 0 aliphatic heterocycles. The van der Waals surface area contributed by atoms with E-state index in [0.29, 0.717) is 12.8 Å². The molecular formula is C42H82NO12P. The molecule has 1 rings (SSSR count). The van der Waals surface area contributed by atoms with Crippen LogP contribution in [0.25, 0.3) is 0 Å². The topological polar surface area (TPSA) is 226 Å². The van der Waals surface area contributed by atoms with Gasteiger partial charge >= 0.3 is 7.82 Å². The monoisotopic (exact) mass is 824 g/mol. The van der Waals surface area contributed by atoms with E-state index in [1.54, 1.807) is 6.08 Å². The van der Waals surface area contributed by atoms with E-state index >= 15 is 0 Å². The second-order valence-corrected chi connectivity index (χ2v) is 17.5. The van der Waals surface area contributed by atoms with Crippen LogP contribution in [-0.4, -0.2) is 108 Å². The number of aliphatic hydroxyl groups is 7. The Hall–Kier alpha value is -0.960. The van der Waals surface area contributed by atoms with E-state index in [1.807, 2.05) is 0 Å². The third-order valence-corrected chi connectivity index (χ3v) is 11.9. The van der Waals surface area contributed by atoms with E-state index in [-0.39, 0.29) is 6.42 Å². The molecule has 0 aromatic rings. The molecule has 332 valence electrons. The van der Waals surface area contributed by atoms with Crippen molar-refractivity contribution in [2.24, 2.45) is 0 Å². The van der Waals surface area contributed by atoms with Crippen LogP contribution in [0.2, 0.25) is 0 Å². The van der Waals surface area contributed by atoms with Gasteiger partial charge in [-0.05, 0) is 19.3 Å². The van der Waals surface area contributed by atoms with Crippen LogP contribution in [0.3, 0.4) is 0 Å². The third-order valence-electron chi connectivity index (χ3n) is 10.9. The van der Waals surface area contributed by atoms with Gasteiger partial charge in [-0.25, -0.2) is 4.57 Å². The predicted octanol–water partition coefficient (Wildman–Crippen LogP) is 6.64. The van der Waals surface area contributed by atoms with Crippen LogP contribution in [0.5, 0.6) is 0 Å². The first-order chi connectivity index (χ1) is 26.8. The highest BCUT2D eigenvalue weighted by Gasteiger charge is 2.51. The van der Waals surface area contributed by atoms with Crippen LogP contribution in [0.15, 0.2) is 12.2 Å². The van der Waals surface area contributed by atoms with Gasteiger partial charge in [-0.1, -0.05) is 174 Å². The van der Waals surface area contributed by atoms with Gasteiger partial charge in [0, 0.05) is 0 Å². The van der Waals surface area contributed by atoms with E-state index in [4.69, 9.17) is 9.05 Å². The minimum absolute atomic E-state index is 0.240. The van der Waals surface area contributed by atoms with Crippen molar-refractivity contribution in [3.63, 3.8) is 0 Å². The normalized spacial score (nSPS) is 24.2. The fourth-order valence-electron chi connectivity index (χ4n) is 7.18. The first kappa shape index (κ1) is 53.1. The van der Waals surface area contributed by atoms with E-state index in [2.05, 4.69) is 19.2 Å². The summed E-state index contributed by atoms with van der Waals surface area (Å²) in [4.78, 5) is 23.4. The molecular weight excluding hydrogens is 741 g/mol. The van der Waals surface area contributed by atoms with Crippen molar-refractivity contribution in [2.45, 2.75) is 242 Å². The lowest BCUT2D eigenvalue weighted by molar-refractivity contribution is -0.220. The Labute approximate surface area is 338 Å². The molecule has 56 heavy (non-hydrogen) atoms. The average Bonchev–Trinajstić information content (AvgIpc) is 3.17. The van der Waals surface area contributed by atoms with Gasteiger partial charge in [-0.2, -0.15) is 0 Å². The Morgan fingerprint density at radius 2 is 1.02 bits per heavy atom. The molecule has 0 aromatic heterocycles. The Balaban J connectivity index is 2.57. The molecule has 0 heterocycles. The summed E-state index contributed by atoms with van der Waals surface area (Å²) in [5.74, 6) is -0.592. The van der Waals surface area contributed by atoms with E-state index in [0.717, 1.165) is 44.9 Å². The number of hydrogen-bond donors (Lipinski definition) is 9. The fraction of sp³-hybridized carbons (Fsp3) is 0.929. The van der Waals surface area contributed by atoms with Crippen molar-refractivity contribution in [1.82, 2.24) is 5.32 Å². The van der Waals surface area contributed by atoms with Crippen molar-refractivity contribution < 1.29 is 59.0 Å². The fourth-order valence-corrected chi connectivity index (χ4v) is 8.15. The van der Waals surface area contributed by atoms with Gasteiger partial charge in [0.2, 0.25) is 5.91 Å². The van der Waals surface area contributed by atoms with Crippen molar-refractivity contribution in [3.8, 4) is 0 Å². The number of carbonyl (C=O) groups excluding carboxylic acids is 1. The number of nitrogens with one attached hydrogen (secondary N) is 1. The molecule has 0 saturated heterocycles. The lowest BCUT2D eigenvalue weighted by Crippen LogP contribution is -2.64. The SMILES string of the molecule is CCCCCCCCCCCC/C=C/C(O)C(COP(=O)(O)OC1C(O)C(O)C(O)C(O)C1O)NC(=O)CC(O)CCCCCCCCCCCCCCCC. The minimum atomic E-state index is -5.13. The smallest absolute Gasteiger partial charge is 0.393 e. The summed E-state index contributed by atoms with van der Waals surface area (Å²) in [5.41, 5.74) is 0. The number of phosphoric acid groups is 1. The van der Waals surface area contributed by atoms with Crippen molar-refractivity contribution in [3.05, 3.63) is 12.2 Å². The maximum atomic E-state index is 13.0. The molecule has 1 amide bonds. The van der Waals surface area contributed by atoms with Gasteiger partial charge in [0.05, 0.1) is 31.3 Å². The summed E-state index contributed by atoms with van der Waals surface area (Å²) in [5, 5.41) is 74.3. The zero-order valence-electron chi connectivity index (χ0n) is 34.8. The number of amides is 1. The van der Waals surface area contributed by atoms with Crippen molar-refractivity contribution in [2.75, 3.05) is 6.61 Å². The summed E-state index contributed by atoms with van der Waals surface area (Å²) < 4.78 is 22.8. The summed E-state index contributed by atoms with van der Waals surface area (Å²) in [6.45, 7) is 3.71. The molecule has 13 nitrogen and oxygen atoms in total. The number of allylic oxidation sites excluding steroid dienone is 1. The first-order valence-electron chi connectivity index (χ1n) is 22.2. The van der Waals surface area contributed by atoms with E-state index in [1.165, 1.54) is 115 Å². The van der Waals surface area contributed by atoms with Crippen LogP contribution < -0.4 is 5.32 Å². The number of phosphoric ester groups is 1. The molecule has 0 spiro atoms. The number of hydrogen-bond acceptors (Lipinski definition) is 11. The van der Waals surface area contributed by atoms with Crippen molar-refractivity contribution >= 4 is 13.7 Å². The first-order valence-corrected chi connectivity index (χ1v) is 23.7. The highest BCUT2D eigenvalue weighted by molar-refractivity contribution is 7.47. The van der Waals surface area contributed by atoms with Crippen LogP contribution in [0.4, 0.5) is 0 Å².